The van der Waals surface area contributed by atoms with Crippen LogP contribution in [0.25, 0.3) is 10.8 Å². The number of aromatic nitrogens is 1. The Hall–Kier alpha value is -1.94. The molecule has 0 saturated heterocycles. The van der Waals surface area contributed by atoms with Crippen molar-refractivity contribution in [1.82, 2.24) is 4.98 Å². The maximum absolute atomic E-state index is 10.9. The summed E-state index contributed by atoms with van der Waals surface area (Å²) < 4.78 is 0. The van der Waals surface area contributed by atoms with Gasteiger partial charge in [-0.15, -0.1) is 0 Å². The third-order valence-corrected chi connectivity index (χ3v) is 2.88. The molecule has 2 aromatic rings. The number of pyridine rings is 1. The van der Waals surface area contributed by atoms with E-state index in [0.29, 0.717) is 5.56 Å². The number of rotatable bonds is 3. The largest absolute Gasteiger partial charge is 0.481 e. The molecule has 2 N–H and O–H groups in total. The molecule has 1 aromatic carbocycles. The van der Waals surface area contributed by atoms with Crippen LogP contribution in [0.4, 0.5) is 0 Å². The van der Waals surface area contributed by atoms with E-state index in [2.05, 4.69) is 4.98 Å². The van der Waals surface area contributed by atoms with Crippen LogP contribution in [0.2, 0.25) is 0 Å². The van der Waals surface area contributed by atoms with Crippen LogP contribution < -0.4 is 0 Å². The third-order valence-electron chi connectivity index (χ3n) is 2.88. The van der Waals surface area contributed by atoms with Gasteiger partial charge in [-0.25, -0.2) is 0 Å². The molecule has 0 saturated carbocycles. The highest BCUT2D eigenvalue weighted by Gasteiger charge is 2.24. The van der Waals surface area contributed by atoms with Gasteiger partial charge in [-0.3, -0.25) is 9.78 Å². The van der Waals surface area contributed by atoms with Crippen LogP contribution in [0, 0.1) is 5.92 Å². The van der Waals surface area contributed by atoms with Gasteiger partial charge < -0.3 is 10.2 Å². The summed E-state index contributed by atoms with van der Waals surface area (Å²) in [5.74, 6) is -1.88. The minimum Gasteiger partial charge on any atom is -0.481 e. The van der Waals surface area contributed by atoms with E-state index < -0.39 is 18.0 Å². The van der Waals surface area contributed by atoms with Gasteiger partial charge in [0.15, 0.2) is 0 Å². The molecule has 17 heavy (non-hydrogen) atoms. The lowest BCUT2D eigenvalue weighted by molar-refractivity contribution is -0.144. The van der Waals surface area contributed by atoms with Crippen molar-refractivity contribution < 1.29 is 15.0 Å². The summed E-state index contributed by atoms with van der Waals surface area (Å²) in [6.07, 6.45) is 2.16. The first-order valence-electron chi connectivity index (χ1n) is 5.35. The van der Waals surface area contributed by atoms with Crippen LogP contribution in [0.3, 0.4) is 0 Å². The van der Waals surface area contributed by atoms with E-state index in [1.807, 2.05) is 24.3 Å². The Labute approximate surface area is 98.5 Å². The van der Waals surface area contributed by atoms with E-state index in [4.69, 9.17) is 5.11 Å². The Morgan fingerprint density at radius 1 is 1.29 bits per heavy atom. The van der Waals surface area contributed by atoms with Gasteiger partial charge >= 0.3 is 5.97 Å². The lowest BCUT2D eigenvalue weighted by Crippen LogP contribution is -2.19. The van der Waals surface area contributed by atoms with Crippen LogP contribution in [-0.4, -0.2) is 21.2 Å². The number of carboxylic acid groups (broad SMARTS) is 1. The van der Waals surface area contributed by atoms with Gasteiger partial charge in [0.25, 0.3) is 0 Å². The molecule has 0 fully saturated rings. The first-order chi connectivity index (χ1) is 8.11. The molecule has 1 heterocycles. The zero-order valence-corrected chi connectivity index (χ0v) is 9.37. The predicted molar refractivity (Wildman–Crippen MR) is 63.5 cm³/mol. The fourth-order valence-corrected chi connectivity index (χ4v) is 1.78. The number of carbonyl (C=O) groups is 1. The SMILES string of the molecule is CC(C(=O)O)C(O)c1cncc2ccccc12. The molecule has 1 aromatic heterocycles. The monoisotopic (exact) mass is 231 g/mol. The maximum Gasteiger partial charge on any atom is 0.309 e. The number of hydrogen-bond acceptors (Lipinski definition) is 3. The summed E-state index contributed by atoms with van der Waals surface area (Å²) in [5, 5.41) is 20.7. The normalized spacial score (nSPS) is 14.5. The average Bonchev–Trinajstić information content (AvgIpc) is 2.36. The summed E-state index contributed by atoms with van der Waals surface area (Å²) in [7, 11) is 0. The van der Waals surface area contributed by atoms with Crippen molar-refractivity contribution in [3.8, 4) is 0 Å². The van der Waals surface area contributed by atoms with Gasteiger partial charge in [0.05, 0.1) is 12.0 Å². The molecular formula is C13H13NO3. The van der Waals surface area contributed by atoms with Crippen molar-refractivity contribution in [3.63, 3.8) is 0 Å². The second-order valence-corrected chi connectivity index (χ2v) is 4.02. The molecule has 4 nitrogen and oxygen atoms in total. The number of aliphatic hydroxyl groups is 1. The fraction of sp³-hybridized carbons (Fsp3) is 0.231. The molecule has 4 heteroatoms. The predicted octanol–water partition coefficient (Wildman–Crippen LogP) is 1.99. The number of hydrogen-bond donors (Lipinski definition) is 2. The van der Waals surface area contributed by atoms with E-state index in [1.165, 1.54) is 13.1 Å². The first-order valence-corrected chi connectivity index (χ1v) is 5.35. The topological polar surface area (TPSA) is 70.4 Å². The van der Waals surface area contributed by atoms with Crippen molar-refractivity contribution in [3.05, 3.63) is 42.2 Å². The number of aliphatic hydroxyl groups excluding tert-OH is 1. The lowest BCUT2D eigenvalue weighted by Gasteiger charge is -2.16. The molecule has 0 radical (unpaired) electrons. The van der Waals surface area contributed by atoms with Gasteiger partial charge in [0, 0.05) is 23.3 Å². The number of nitrogens with zero attached hydrogens (tertiary/aromatic N) is 1. The van der Waals surface area contributed by atoms with Gasteiger partial charge in [-0.1, -0.05) is 24.3 Å². The van der Waals surface area contributed by atoms with Gasteiger partial charge in [0.2, 0.25) is 0 Å². The molecule has 0 aliphatic rings. The highest BCUT2D eigenvalue weighted by molar-refractivity contribution is 5.85. The van der Waals surface area contributed by atoms with Crippen molar-refractivity contribution >= 4 is 16.7 Å². The third kappa shape index (κ3) is 2.12. The number of carboxylic acids is 1. The van der Waals surface area contributed by atoms with Crippen LogP contribution in [-0.2, 0) is 4.79 Å². The highest BCUT2D eigenvalue weighted by Crippen LogP contribution is 2.28. The molecule has 88 valence electrons. The van der Waals surface area contributed by atoms with E-state index in [9.17, 15) is 9.90 Å². The highest BCUT2D eigenvalue weighted by atomic mass is 16.4. The Kier molecular flexibility index (Phi) is 3.06. The second kappa shape index (κ2) is 4.51. The summed E-state index contributed by atoms with van der Waals surface area (Å²) in [6.45, 7) is 1.48. The first kappa shape index (κ1) is 11.5. The maximum atomic E-state index is 10.9. The summed E-state index contributed by atoms with van der Waals surface area (Å²) in [5.41, 5.74) is 0.554. The van der Waals surface area contributed by atoms with Gasteiger partial charge in [-0.2, -0.15) is 0 Å². The van der Waals surface area contributed by atoms with Gasteiger partial charge in [-0.05, 0) is 12.3 Å². The summed E-state index contributed by atoms with van der Waals surface area (Å²) in [4.78, 5) is 14.9. The Balaban J connectivity index is 2.52. The minimum absolute atomic E-state index is 0.554. The van der Waals surface area contributed by atoms with Gasteiger partial charge in [0.1, 0.15) is 0 Å². The van der Waals surface area contributed by atoms with Crippen LogP contribution >= 0.6 is 0 Å². The average molecular weight is 231 g/mol. The molecule has 0 bridgehead atoms. The van der Waals surface area contributed by atoms with Crippen molar-refractivity contribution in [2.24, 2.45) is 5.92 Å². The van der Waals surface area contributed by atoms with E-state index in [-0.39, 0.29) is 0 Å². The lowest BCUT2D eigenvalue weighted by atomic mass is 9.95. The zero-order valence-electron chi connectivity index (χ0n) is 9.37. The van der Waals surface area contributed by atoms with Crippen LogP contribution in [0.15, 0.2) is 36.7 Å². The molecule has 2 rings (SSSR count). The molecule has 0 aliphatic carbocycles. The number of aliphatic carboxylic acids is 1. The number of benzene rings is 1. The molecular weight excluding hydrogens is 218 g/mol. The van der Waals surface area contributed by atoms with Crippen LogP contribution in [0.1, 0.15) is 18.6 Å². The molecule has 0 aliphatic heterocycles. The second-order valence-electron chi connectivity index (χ2n) is 4.02. The molecule has 0 amide bonds. The minimum atomic E-state index is -1.05. The molecule has 2 atom stereocenters. The molecule has 2 unspecified atom stereocenters. The zero-order chi connectivity index (χ0) is 12.4. The van der Waals surface area contributed by atoms with Crippen molar-refractivity contribution in [2.45, 2.75) is 13.0 Å². The van der Waals surface area contributed by atoms with E-state index in [1.54, 1.807) is 6.20 Å². The summed E-state index contributed by atoms with van der Waals surface area (Å²) in [6, 6.07) is 7.46. The van der Waals surface area contributed by atoms with E-state index in [0.717, 1.165) is 10.8 Å². The van der Waals surface area contributed by atoms with Crippen LogP contribution in [0.5, 0.6) is 0 Å². The van der Waals surface area contributed by atoms with E-state index >= 15 is 0 Å². The Bertz CT molecular complexity index is 548. The smallest absolute Gasteiger partial charge is 0.309 e. The Morgan fingerprint density at radius 2 is 2.00 bits per heavy atom. The Morgan fingerprint density at radius 3 is 2.71 bits per heavy atom. The van der Waals surface area contributed by atoms with Crippen molar-refractivity contribution in [1.29, 1.82) is 0 Å². The summed E-state index contributed by atoms with van der Waals surface area (Å²) >= 11 is 0. The van der Waals surface area contributed by atoms with Crippen molar-refractivity contribution in [2.75, 3.05) is 0 Å². The molecule has 0 spiro atoms. The fourth-order valence-electron chi connectivity index (χ4n) is 1.78. The number of fused-ring (bicyclic) bond motifs is 1. The quantitative estimate of drug-likeness (QED) is 0.847. The standard InChI is InChI=1S/C13H13NO3/c1-8(13(16)17)12(15)11-7-14-6-9-4-2-3-5-10(9)11/h2-8,12,15H,1H3,(H,16,17).